The Hall–Kier alpha value is -2.49. The lowest BCUT2D eigenvalue weighted by molar-refractivity contribution is -0.130. The largest absolute Gasteiger partial charge is 0.369 e. The molecule has 4 rings (SSSR count). The number of anilines is 2. The van der Waals surface area contributed by atoms with Gasteiger partial charge in [0, 0.05) is 63.7 Å². The maximum absolute atomic E-state index is 12.7. The van der Waals surface area contributed by atoms with Gasteiger partial charge in [-0.1, -0.05) is 36.4 Å². The Bertz CT molecular complexity index is 871. The fraction of sp³-hybridized carbons (Fsp3) is 0.417. The topological polar surface area (TPSA) is 63.2 Å². The van der Waals surface area contributed by atoms with Crippen molar-refractivity contribution in [1.29, 1.82) is 0 Å². The number of rotatable bonds is 5. The molecule has 8 heteroatoms. The minimum atomic E-state index is 0. The van der Waals surface area contributed by atoms with E-state index < -0.39 is 0 Å². The molecule has 2 aliphatic heterocycles. The molecule has 172 valence electrons. The number of hydrogen-bond acceptors (Lipinski definition) is 4. The zero-order valence-corrected chi connectivity index (χ0v) is 20.9. The first kappa shape index (κ1) is 24.2. The second-order valence-corrected chi connectivity index (χ2v) is 8.04. The third-order valence-corrected chi connectivity index (χ3v) is 6.03. The minimum absolute atomic E-state index is 0. The quantitative estimate of drug-likeness (QED) is 0.342. The van der Waals surface area contributed by atoms with Gasteiger partial charge < -0.3 is 25.3 Å². The number of aliphatic imine (C=N–C) groups is 1. The summed E-state index contributed by atoms with van der Waals surface area (Å²) in [6, 6.07) is 21.2. The van der Waals surface area contributed by atoms with E-state index in [0.29, 0.717) is 12.0 Å². The highest BCUT2D eigenvalue weighted by atomic mass is 127. The van der Waals surface area contributed by atoms with Crippen LogP contribution in [0, 0.1) is 0 Å². The number of hydrogen-bond donors (Lipinski definition) is 2. The molecular formula is C24H33IN6O. The first-order valence-electron chi connectivity index (χ1n) is 11.1. The zero-order valence-electron chi connectivity index (χ0n) is 18.6. The average Bonchev–Trinajstić information content (AvgIpc) is 3.31. The van der Waals surface area contributed by atoms with Crippen LogP contribution in [-0.4, -0.2) is 75.7 Å². The molecule has 0 saturated carbocycles. The van der Waals surface area contributed by atoms with Crippen molar-refractivity contribution < 1.29 is 4.79 Å². The van der Waals surface area contributed by atoms with Gasteiger partial charge in [0.15, 0.2) is 5.96 Å². The van der Waals surface area contributed by atoms with E-state index >= 15 is 0 Å². The predicted molar refractivity (Wildman–Crippen MR) is 142 cm³/mol. The van der Waals surface area contributed by atoms with Crippen molar-refractivity contribution in [3.05, 3.63) is 60.7 Å². The van der Waals surface area contributed by atoms with Gasteiger partial charge in [-0.05, 0) is 30.7 Å². The monoisotopic (exact) mass is 548 g/mol. The molecule has 0 aliphatic carbocycles. The molecule has 0 spiro atoms. The fourth-order valence-corrected chi connectivity index (χ4v) is 4.26. The van der Waals surface area contributed by atoms with Crippen LogP contribution >= 0.6 is 24.0 Å². The van der Waals surface area contributed by atoms with Gasteiger partial charge >= 0.3 is 0 Å². The molecule has 2 aliphatic rings. The Balaban J connectivity index is 0.00000289. The van der Waals surface area contributed by atoms with Gasteiger partial charge in [0.05, 0.1) is 6.54 Å². The van der Waals surface area contributed by atoms with Crippen molar-refractivity contribution in [3.63, 3.8) is 0 Å². The molecule has 1 atom stereocenters. The predicted octanol–water partition coefficient (Wildman–Crippen LogP) is 2.40. The number of nitrogens with one attached hydrogen (secondary N) is 2. The van der Waals surface area contributed by atoms with E-state index in [-0.39, 0.29) is 36.4 Å². The van der Waals surface area contributed by atoms with Gasteiger partial charge in [-0.2, -0.15) is 0 Å². The number of carbonyl (C=O) groups is 1. The summed E-state index contributed by atoms with van der Waals surface area (Å²) in [5, 5.41) is 6.68. The standard InChI is InChI=1S/C24H32N6O.HI/c1-25-24(27-20-12-13-30(19-20)22-10-6-3-7-11-22)26-18-23(31)29-16-14-28(15-17-29)21-8-4-2-5-9-21;/h2-11,20H,12-19H2,1H3,(H2,25,26,27);1H. The van der Waals surface area contributed by atoms with Crippen LogP contribution in [0.3, 0.4) is 0 Å². The van der Waals surface area contributed by atoms with Crippen molar-refractivity contribution in [2.75, 3.05) is 62.7 Å². The molecule has 0 bridgehead atoms. The maximum Gasteiger partial charge on any atom is 0.242 e. The molecule has 0 radical (unpaired) electrons. The molecule has 1 amide bonds. The van der Waals surface area contributed by atoms with Crippen molar-refractivity contribution in [2.45, 2.75) is 12.5 Å². The molecule has 1 unspecified atom stereocenters. The van der Waals surface area contributed by atoms with Crippen molar-refractivity contribution in [1.82, 2.24) is 15.5 Å². The maximum atomic E-state index is 12.7. The molecule has 2 aromatic carbocycles. The van der Waals surface area contributed by atoms with Crippen LogP contribution in [0.4, 0.5) is 11.4 Å². The van der Waals surface area contributed by atoms with Crippen LogP contribution in [0.15, 0.2) is 65.7 Å². The Labute approximate surface area is 207 Å². The van der Waals surface area contributed by atoms with E-state index in [9.17, 15) is 4.79 Å². The molecular weight excluding hydrogens is 515 g/mol. The lowest BCUT2D eigenvalue weighted by Gasteiger charge is -2.36. The van der Waals surface area contributed by atoms with Crippen LogP contribution in [0.5, 0.6) is 0 Å². The van der Waals surface area contributed by atoms with Crippen molar-refractivity contribution in [3.8, 4) is 0 Å². The van der Waals surface area contributed by atoms with Gasteiger partial charge in [0.1, 0.15) is 0 Å². The summed E-state index contributed by atoms with van der Waals surface area (Å²) in [4.78, 5) is 23.6. The van der Waals surface area contributed by atoms with Gasteiger partial charge in [0.25, 0.3) is 0 Å². The van der Waals surface area contributed by atoms with E-state index in [1.165, 1.54) is 11.4 Å². The smallest absolute Gasteiger partial charge is 0.242 e. The first-order chi connectivity index (χ1) is 15.2. The van der Waals surface area contributed by atoms with Crippen LogP contribution in [-0.2, 0) is 4.79 Å². The van der Waals surface area contributed by atoms with Crippen molar-refractivity contribution >= 4 is 47.2 Å². The third-order valence-electron chi connectivity index (χ3n) is 6.03. The van der Waals surface area contributed by atoms with Crippen molar-refractivity contribution in [2.24, 2.45) is 4.99 Å². The first-order valence-corrected chi connectivity index (χ1v) is 11.1. The number of amides is 1. The Morgan fingerprint density at radius 2 is 1.50 bits per heavy atom. The second-order valence-electron chi connectivity index (χ2n) is 8.04. The van der Waals surface area contributed by atoms with Gasteiger partial charge in [0.2, 0.25) is 5.91 Å². The summed E-state index contributed by atoms with van der Waals surface area (Å²) in [6.45, 7) is 5.43. The summed E-state index contributed by atoms with van der Waals surface area (Å²) >= 11 is 0. The highest BCUT2D eigenvalue weighted by molar-refractivity contribution is 14.0. The molecule has 2 aromatic rings. The SMILES string of the molecule is CN=C(NCC(=O)N1CCN(c2ccccc2)CC1)NC1CCN(c2ccccc2)C1.I. The lowest BCUT2D eigenvalue weighted by atomic mass is 10.2. The normalized spacial score (nSPS) is 18.8. The number of piperazine rings is 1. The second kappa shape index (κ2) is 11.9. The molecule has 0 aromatic heterocycles. The van der Waals surface area contributed by atoms with Crippen LogP contribution in [0.25, 0.3) is 0 Å². The Morgan fingerprint density at radius 3 is 2.09 bits per heavy atom. The summed E-state index contributed by atoms with van der Waals surface area (Å²) < 4.78 is 0. The number of guanidine groups is 1. The van der Waals surface area contributed by atoms with E-state index in [1.807, 2.05) is 17.0 Å². The number of carbonyl (C=O) groups excluding carboxylic acids is 1. The number of nitrogens with zero attached hydrogens (tertiary/aromatic N) is 4. The molecule has 32 heavy (non-hydrogen) atoms. The number of para-hydroxylation sites is 2. The zero-order chi connectivity index (χ0) is 21.5. The minimum Gasteiger partial charge on any atom is -0.369 e. The summed E-state index contributed by atoms with van der Waals surface area (Å²) in [7, 11) is 1.75. The Kier molecular flexibility index (Phi) is 9.01. The van der Waals surface area contributed by atoms with Gasteiger partial charge in [-0.15, -0.1) is 24.0 Å². The summed E-state index contributed by atoms with van der Waals surface area (Å²) in [5.41, 5.74) is 2.47. The lowest BCUT2D eigenvalue weighted by Crippen LogP contribution is -2.53. The Morgan fingerprint density at radius 1 is 0.906 bits per heavy atom. The van der Waals surface area contributed by atoms with E-state index in [4.69, 9.17) is 0 Å². The van der Waals surface area contributed by atoms with Gasteiger partial charge in [-0.25, -0.2) is 0 Å². The van der Waals surface area contributed by atoms with E-state index in [2.05, 4.69) is 74.0 Å². The highest BCUT2D eigenvalue weighted by Gasteiger charge is 2.24. The molecule has 2 N–H and O–H groups in total. The van der Waals surface area contributed by atoms with E-state index in [0.717, 1.165) is 45.7 Å². The number of halogens is 1. The van der Waals surface area contributed by atoms with E-state index in [1.54, 1.807) is 7.05 Å². The molecule has 2 saturated heterocycles. The summed E-state index contributed by atoms with van der Waals surface area (Å²) in [5.74, 6) is 0.809. The third kappa shape index (κ3) is 6.27. The van der Waals surface area contributed by atoms with Crippen LogP contribution in [0.2, 0.25) is 0 Å². The molecule has 7 nitrogen and oxygen atoms in total. The number of benzene rings is 2. The molecule has 2 fully saturated rings. The van der Waals surface area contributed by atoms with Crippen LogP contribution in [0.1, 0.15) is 6.42 Å². The van der Waals surface area contributed by atoms with Gasteiger partial charge in [-0.3, -0.25) is 9.79 Å². The average molecular weight is 548 g/mol. The molecule has 2 heterocycles. The summed E-state index contributed by atoms with van der Waals surface area (Å²) in [6.07, 6.45) is 1.05. The fourth-order valence-electron chi connectivity index (χ4n) is 4.26. The highest BCUT2D eigenvalue weighted by Crippen LogP contribution is 2.19. The van der Waals surface area contributed by atoms with Crippen LogP contribution < -0.4 is 20.4 Å².